The molecular weight excluding hydrogens is 408 g/mol. The number of aliphatic hydroxyl groups is 1. The monoisotopic (exact) mass is 442 g/mol. The molecule has 2 fully saturated rings. The Balaban J connectivity index is 1.59. The smallest absolute Gasteiger partial charge is 0.336 e. The molecule has 1 aromatic carbocycles. The van der Waals surface area contributed by atoms with E-state index in [4.69, 9.17) is 13.9 Å². The van der Waals surface area contributed by atoms with Crippen LogP contribution in [-0.2, 0) is 9.53 Å². The fraction of sp³-hybridized carbons (Fsp3) is 0.615. The van der Waals surface area contributed by atoms with E-state index in [1.165, 1.54) is 13.0 Å². The van der Waals surface area contributed by atoms with Gasteiger partial charge in [0.15, 0.2) is 0 Å². The van der Waals surface area contributed by atoms with Crippen LogP contribution in [0, 0.1) is 22.7 Å². The van der Waals surface area contributed by atoms with Crippen LogP contribution in [0.25, 0.3) is 11.0 Å². The maximum Gasteiger partial charge on any atom is 0.336 e. The Labute approximate surface area is 188 Å². The number of carbonyl (C=O) groups is 1. The zero-order valence-corrected chi connectivity index (χ0v) is 19.6. The first-order valence-electron chi connectivity index (χ1n) is 11.5. The molecule has 2 saturated carbocycles. The van der Waals surface area contributed by atoms with E-state index in [9.17, 15) is 14.7 Å². The number of esters is 1. The molecule has 5 atom stereocenters. The Hall–Kier alpha value is -2.34. The van der Waals surface area contributed by atoms with E-state index in [1.807, 2.05) is 19.1 Å². The average molecular weight is 443 g/mol. The van der Waals surface area contributed by atoms with Crippen molar-refractivity contribution in [2.45, 2.75) is 72.0 Å². The molecule has 174 valence electrons. The third kappa shape index (κ3) is 3.94. The van der Waals surface area contributed by atoms with Crippen LogP contribution < -0.4 is 10.4 Å². The maximum absolute atomic E-state index is 11.7. The molecule has 1 aromatic heterocycles. The Bertz CT molecular complexity index is 1070. The van der Waals surface area contributed by atoms with Crippen molar-refractivity contribution in [2.75, 3.05) is 6.61 Å². The number of hydrogen-bond donors (Lipinski definition) is 1. The molecule has 0 aliphatic heterocycles. The zero-order valence-electron chi connectivity index (χ0n) is 19.6. The van der Waals surface area contributed by atoms with E-state index in [-0.39, 0.29) is 34.7 Å². The summed E-state index contributed by atoms with van der Waals surface area (Å²) in [5, 5.41) is 12.2. The van der Waals surface area contributed by atoms with Crippen molar-refractivity contribution in [3.05, 3.63) is 40.8 Å². The summed E-state index contributed by atoms with van der Waals surface area (Å²) < 4.78 is 17.2. The molecule has 0 bridgehead atoms. The lowest BCUT2D eigenvalue weighted by molar-refractivity contribution is -0.210. The Morgan fingerprint density at radius 3 is 2.56 bits per heavy atom. The van der Waals surface area contributed by atoms with Gasteiger partial charge >= 0.3 is 11.6 Å². The van der Waals surface area contributed by atoms with Crippen LogP contribution in [0.1, 0.15) is 60.3 Å². The van der Waals surface area contributed by atoms with E-state index in [2.05, 4.69) is 20.8 Å². The van der Waals surface area contributed by atoms with Gasteiger partial charge in [0.1, 0.15) is 17.4 Å². The standard InChI is InChI=1S/C26H34O6/c1-16(27)31-22-11-12-25(4)20(24(22,2)3)10-13-26(5,29)21(25)15-30-18-8-6-17-7-9-23(28)32-19(17)14-18/h6-9,14,20-22,29H,10-13,15H2,1-5H3/t20-,21+,22-,25+,26+/m1/s1. The Kier molecular flexibility index (Phi) is 5.64. The van der Waals surface area contributed by atoms with Gasteiger partial charge in [-0.3, -0.25) is 4.79 Å². The second kappa shape index (κ2) is 7.91. The van der Waals surface area contributed by atoms with Crippen molar-refractivity contribution in [1.82, 2.24) is 0 Å². The summed E-state index contributed by atoms with van der Waals surface area (Å²) in [7, 11) is 0. The maximum atomic E-state index is 11.7. The molecular formula is C26H34O6. The lowest BCUT2D eigenvalue weighted by atomic mass is 9.45. The molecule has 2 aliphatic rings. The predicted molar refractivity (Wildman–Crippen MR) is 121 cm³/mol. The second-order valence-electron chi connectivity index (χ2n) is 10.7. The molecule has 0 unspecified atom stereocenters. The first-order chi connectivity index (χ1) is 14.9. The fourth-order valence-electron chi connectivity index (χ4n) is 6.59. The van der Waals surface area contributed by atoms with Crippen LogP contribution >= 0.6 is 0 Å². The first kappa shape index (κ1) is 22.8. The topological polar surface area (TPSA) is 86.0 Å². The highest BCUT2D eigenvalue weighted by molar-refractivity contribution is 5.77. The van der Waals surface area contributed by atoms with Crippen molar-refractivity contribution in [1.29, 1.82) is 0 Å². The lowest BCUT2D eigenvalue weighted by Gasteiger charge is -2.62. The van der Waals surface area contributed by atoms with Gasteiger partial charge in [-0.2, -0.15) is 0 Å². The fourth-order valence-corrected chi connectivity index (χ4v) is 6.59. The summed E-state index contributed by atoms with van der Waals surface area (Å²) in [5.41, 5.74) is -1.13. The van der Waals surface area contributed by atoms with E-state index < -0.39 is 11.2 Å². The molecule has 0 saturated heterocycles. The van der Waals surface area contributed by atoms with E-state index >= 15 is 0 Å². The summed E-state index contributed by atoms with van der Waals surface area (Å²) in [6, 6.07) is 8.59. The number of ether oxygens (including phenoxy) is 2. The Morgan fingerprint density at radius 1 is 1.12 bits per heavy atom. The minimum Gasteiger partial charge on any atom is -0.493 e. The quantitative estimate of drug-likeness (QED) is 0.545. The number of fused-ring (bicyclic) bond motifs is 2. The van der Waals surface area contributed by atoms with Crippen LogP contribution in [0.5, 0.6) is 5.75 Å². The lowest BCUT2D eigenvalue weighted by Crippen LogP contribution is -2.62. The minimum atomic E-state index is -0.862. The number of carbonyl (C=O) groups excluding carboxylic acids is 1. The third-order valence-electron chi connectivity index (χ3n) is 8.27. The molecule has 32 heavy (non-hydrogen) atoms. The van der Waals surface area contributed by atoms with Gasteiger partial charge in [0, 0.05) is 35.8 Å². The summed E-state index contributed by atoms with van der Waals surface area (Å²) in [5.74, 6) is 0.569. The first-order valence-corrected chi connectivity index (χ1v) is 11.5. The van der Waals surface area contributed by atoms with Gasteiger partial charge in [-0.05, 0) is 62.1 Å². The summed E-state index contributed by atoms with van der Waals surface area (Å²) >= 11 is 0. The van der Waals surface area contributed by atoms with Crippen LogP contribution in [-0.4, -0.2) is 29.4 Å². The molecule has 0 radical (unpaired) electrons. The SMILES string of the molecule is CC(=O)O[C@@H]1CC[C@@]2(C)[C@H](CC[C@](C)(O)[C@H]2COc2ccc3ccc(=O)oc3c2)C1(C)C. The molecule has 2 aliphatic carbocycles. The van der Waals surface area contributed by atoms with Crippen molar-refractivity contribution in [3.63, 3.8) is 0 Å². The van der Waals surface area contributed by atoms with Gasteiger partial charge in [-0.25, -0.2) is 4.79 Å². The number of rotatable bonds is 4. The predicted octanol–water partition coefficient (Wildman–Crippen LogP) is 4.71. The molecule has 1 N–H and O–H groups in total. The molecule has 4 rings (SSSR count). The molecule has 6 heteroatoms. The van der Waals surface area contributed by atoms with Crippen molar-refractivity contribution in [2.24, 2.45) is 22.7 Å². The molecule has 6 nitrogen and oxygen atoms in total. The molecule has 0 amide bonds. The van der Waals surface area contributed by atoms with Gasteiger partial charge in [0.2, 0.25) is 0 Å². The van der Waals surface area contributed by atoms with Gasteiger partial charge in [-0.15, -0.1) is 0 Å². The summed E-state index contributed by atoms with van der Waals surface area (Å²) in [6.45, 7) is 10.4. The highest BCUT2D eigenvalue weighted by Crippen LogP contribution is 2.62. The molecule has 2 aromatic rings. The van der Waals surface area contributed by atoms with Crippen LogP contribution in [0.3, 0.4) is 0 Å². The van der Waals surface area contributed by atoms with Crippen LogP contribution in [0.2, 0.25) is 0 Å². The molecule has 0 spiro atoms. The van der Waals surface area contributed by atoms with Gasteiger partial charge in [0.25, 0.3) is 0 Å². The van der Waals surface area contributed by atoms with Crippen LogP contribution in [0.4, 0.5) is 0 Å². The largest absolute Gasteiger partial charge is 0.493 e. The zero-order chi connectivity index (χ0) is 23.3. The highest BCUT2D eigenvalue weighted by atomic mass is 16.5. The van der Waals surface area contributed by atoms with E-state index in [0.717, 1.165) is 24.6 Å². The number of benzene rings is 1. The number of hydrogen-bond acceptors (Lipinski definition) is 6. The highest BCUT2D eigenvalue weighted by Gasteiger charge is 2.61. The molecule has 1 heterocycles. The summed E-state index contributed by atoms with van der Waals surface area (Å²) in [4.78, 5) is 23.2. The summed E-state index contributed by atoms with van der Waals surface area (Å²) in [6.07, 6.45) is 3.06. The van der Waals surface area contributed by atoms with Gasteiger partial charge < -0.3 is 19.0 Å². The van der Waals surface area contributed by atoms with Crippen molar-refractivity contribution < 1.29 is 23.8 Å². The van der Waals surface area contributed by atoms with Crippen molar-refractivity contribution in [3.8, 4) is 5.75 Å². The van der Waals surface area contributed by atoms with Gasteiger partial charge in [-0.1, -0.05) is 20.8 Å². The second-order valence-corrected chi connectivity index (χ2v) is 10.7. The van der Waals surface area contributed by atoms with E-state index in [1.54, 1.807) is 12.1 Å². The van der Waals surface area contributed by atoms with Crippen LogP contribution in [0.15, 0.2) is 39.5 Å². The Morgan fingerprint density at radius 2 is 1.84 bits per heavy atom. The third-order valence-corrected chi connectivity index (χ3v) is 8.27. The van der Waals surface area contributed by atoms with E-state index in [0.29, 0.717) is 24.4 Å². The minimum absolute atomic E-state index is 0.0928. The van der Waals surface area contributed by atoms with Crippen molar-refractivity contribution >= 4 is 16.9 Å². The average Bonchev–Trinajstić information content (AvgIpc) is 2.68. The van der Waals surface area contributed by atoms with Gasteiger partial charge in [0.05, 0.1) is 12.2 Å². The normalized spacial score (nSPS) is 34.0.